The maximum Gasteiger partial charge on any atom is 0.211 e. The van der Waals surface area contributed by atoms with Gasteiger partial charge in [0.15, 0.2) is 0 Å². The second kappa shape index (κ2) is 9.02. The Kier molecular flexibility index (Phi) is 6.48. The molecule has 0 saturated heterocycles. The number of aromatic hydroxyl groups is 1. The molecule has 0 amide bonds. The van der Waals surface area contributed by atoms with Gasteiger partial charge in [-0.05, 0) is 63.9 Å². The van der Waals surface area contributed by atoms with Crippen molar-refractivity contribution in [1.82, 2.24) is 4.90 Å². The summed E-state index contributed by atoms with van der Waals surface area (Å²) in [7, 11) is 0. The molecule has 2 aromatic rings. The monoisotopic (exact) mass is 343 g/mol. The number of phenolic OH excluding ortho intramolecular Hbond substituents is 1. The third-order valence-corrected chi connectivity index (χ3v) is 4.84. The van der Waals surface area contributed by atoms with E-state index in [0.29, 0.717) is 17.8 Å². The molecule has 25 heavy (non-hydrogen) atoms. The quantitative estimate of drug-likeness (QED) is 0.703. The van der Waals surface area contributed by atoms with Gasteiger partial charge >= 0.3 is 0 Å². The van der Waals surface area contributed by atoms with Crippen molar-refractivity contribution in [2.24, 2.45) is 0 Å². The van der Waals surface area contributed by atoms with E-state index < -0.39 is 0 Å². The van der Waals surface area contributed by atoms with Crippen LogP contribution in [0.2, 0.25) is 0 Å². The van der Waals surface area contributed by atoms with E-state index in [2.05, 4.69) is 49.8 Å². The highest BCUT2D eigenvalue weighted by atomic mass is 16.3. The Balaban J connectivity index is 2.35. The minimum atomic E-state index is 0.0990. The fourth-order valence-corrected chi connectivity index (χ4v) is 3.55. The van der Waals surface area contributed by atoms with Crippen molar-refractivity contribution in [3.8, 4) is 5.75 Å². The van der Waals surface area contributed by atoms with Gasteiger partial charge in [-0.2, -0.15) is 0 Å². The number of rotatable bonds is 9. The predicted octanol–water partition coefficient (Wildman–Crippen LogP) is 4.53. The zero-order valence-electron chi connectivity index (χ0n) is 16.8. The van der Waals surface area contributed by atoms with Crippen molar-refractivity contribution in [2.75, 3.05) is 6.54 Å². The first-order valence-electron chi connectivity index (χ1n) is 9.55. The number of hydrogen-bond donors (Lipinski definition) is 2. The fraction of sp³-hybridized carbons (Fsp3) is 0.455. The summed E-state index contributed by atoms with van der Waals surface area (Å²) in [6.07, 6.45) is 0.916. The Labute approximate surface area is 153 Å². The highest BCUT2D eigenvalue weighted by molar-refractivity contribution is 5.43. The molecule has 3 nitrogen and oxygen atoms in total. The smallest absolute Gasteiger partial charge is 0.211 e. The van der Waals surface area contributed by atoms with E-state index in [9.17, 15) is 5.11 Å². The van der Waals surface area contributed by atoms with Gasteiger partial charge in [0.05, 0.1) is 6.61 Å². The van der Waals surface area contributed by atoms with E-state index in [4.69, 9.17) is 1.43 Å². The number of benzene rings is 2. The molecule has 0 bridgehead atoms. The third-order valence-electron chi connectivity index (χ3n) is 4.84. The summed E-state index contributed by atoms with van der Waals surface area (Å²) in [5.41, 5.74) is 3.00. The molecule has 1 atom stereocenters. The Hall–Kier alpha value is -1.84. The second-order valence-electron chi connectivity index (χ2n) is 7.21. The van der Waals surface area contributed by atoms with Gasteiger partial charge in [0, 0.05) is 23.6 Å². The Morgan fingerprint density at radius 2 is 1.68 bits per heavy atom. The molecule has 2 N–H and O–H groups in total. The van der Waals surface area contributed by atoms with E-state index in [0.717, 1.165) is 24.1 Å². The van der Waals surface area contributed by atoms with Crippen LogP contribution in [0.15, 0.2) is 48.5 Å². The average Bonchev–Trinajstić information content (AvgIpc) is 2.61. The summed E-state index contributed by atoms with van der Waals surface area (Å²) in [6, 6.07) is 16.8. The Bertz CT molecular complexity index is 665. The van der Waals surface area contributed by atoms with Crippen molar-refractivity contribution in [1.29, 1.82) is 1.43 Å². The molecule has 0 heterocycles. The van der Waals surface area contributed by atoms with Crippen molar-refractivity contribution < 1.29 is 10.2 Å². The summed E-state index contributed by atoms with van der Waals surface area (Å²) in [5, 5.41) is 15.0. The first-order chi connectivity index (χ1) is 12.4. The number of aliphatic hydroxyl groups is 1. The molecule has 0 aliphatic carbocycles. The summed E-state index contributed by atoms with van der Waals surface area (Å²) in [4.78, 5) is 2.48. The molecule has 0 fully saturated rings. The van der Waals surface area contributed by atoms with Crippen molar-refractivity contribution in [3.63, 3.8) is 0 Å². The van der Waals surface area contributed by atoms with Crippen LogP contribution in [0, 0.1) is 0 Å². The molecule has 0 saturated carbocycles. The molecular weight excluding hydrogens is 310 g/mol. The standard InChI is InChI=1S/C22H31NO2/c1-16(2)23(17(3)4)13-12-20(19-8-6-5-7-9-19)21-14-18(15-24)10-11-22(21)25/h5-11,14,16-17,20,24-25H,12-13,15H2,1-4H3/i24T. The third kappa shape index (κ3) is 5.07. The Morgan fingerprint density at radius 1 is 1.00 bits per heavy atom. The zero-order valence-corrected chi connectivity index (χ0v) is 15.8. The van der Waals surface area contributed by atoms with Gasteiger partial charge in [-0.3, -0.25) is 4.90 Å². The SMILES string of the molecule is [3H]OCc1ccc(O)c(C(CCN(C(C)C)C(C)C)c2ccccc2)c1. The lowest BCUT2D eigenvalue weighted by Gasteiger charge is -2.32. The molecular formula is C22H31NO2. The molecule has 0 aliphatic heterocycles. The van der Waals surface area contributed by atoms with E-state index in [1.807, 2.05) is 30.3 Å². The van der Waals surface area contributed by atoms with E-state index in [1.54, 1.807) is 6.07 Å². The second-order valence-corrected chi connectivity index (χ2v) is 7.21. The molecule has 0 radical (unpaired) electrons. The van der Waals surface area contributed by atoms with Crippen LogP contribution in [-0.4, -0.2) is 35.2 Å². The zero-order chi connectivity index (χ0) is 19.1. The maximum atomic E-state index is 10.5. The number of hydrogen-bond acceptors (Lipinski definition) is 3. The first kappa shape index (κ1) is 18.0. The molecule has 3 heteroatoms. The van der Waals surface area contributed by atoms with Crippen LogP contribution in [0.25, 0.3) is 0 Å². The summed E-state index contributed by atoms with van der Waals surface area (Å²) in [5.74, 6) is 0.398. The van der Waals surface area contributed by atoms with Crippen molar-refractivity contribution >= 4 is 0 Å². The van der Waals surface area contributed by atoms with Crippen LogP contribution in [-0.2, 0) is 6.61 Å². The molecule has 136 valence electrons. The van der Waals surface area contributed by atoms with Crippen LogP contribution in [0.5, 0.6) is 5.75 Å². The number of aliphatic hydroxyl groups excluding tert-OH is 1. The lowest BCUT2D eigenvalue weighted by Crippen LogP contribution is -2.38. The molecule has 2 rings (SSSR count). The van der Waals surface area contributed by atoms with Gasteiger partial charge in [-0.1, -0.05) is 36.4 Å². The summed E-state index contributed by atoms with van der Waals surface area (Å²) < 4.78 is 7.00. The molecule has 0 aromatic heterocycles. The van der Waals surface area contributed by atoms with Gasteiger partial charge < -0.3 is 10.2 Å². The predicted molar refractivity (Wildman–Crippen MR) is 104 cm³/mol. The van der Waals surface area contributed by atoms with Crippen LogP contribution in [0.4, 0.5) is 0 Å². The average molecular weight is 344 g/mol. The largest absolute Gasteiger partial charge is 0.508 e. The van der Waals surface area contributed by atoms with E-state index >= 15 is 0 Å². The van der Waals surface area contributed by atoms with Gasteiger partial charge in [0.1, 0.15) is 5.75 Å². The molecule has 0 spiro atoms. The highest BCUT2D eigenvalue weighted by Crippen LogP contribution is 2.35. The minimum absolute atomic E-state index is 0.0990. The first-order valence-corrected chi connectivity index (χ1v) is 9.14. The summed E-state index contributed by atoms with van der Waals surface area (Å²) in [6.45, 7) is 10.1. The topological polar surface area (TPSA) is 43.7 Å². The van der Waals surface area contributed by atoms with Crippen LogP contribution >= 0.6 is 0 Å². The summed E-state index contributed by atoms with van der Waals surface area (Å²) >= 11 is 0. The Morgan fingerprint density at radius 3 is 2.28 bits per heavy atom. The van der Waals surface area contributed by atoms with Gasteiger partial charge in [0.25, 0.3) is 0 Å². The number of phenols is 1. The fourth-order valence-electron chi connectivity index (χ4n) is 3.55. The van der Waals surface area contributed by atoms with Crippen molar-refractivity contribution in [2.45, 2.75) is 58.7 Å². The highest BCUT2D eigenvalue weighted by Gasteiger charge is 2.21. The van der Waals surface area contributed by atoms with Crippen LogP contribution in [0.3, 0.4) is 0 Å². The molecule has 0 aliphatic rings. The molecule has 2 aromatic carbocycles. The van der Waals surface area contributed by atoms with Crippen molar-refractivity contribution in [3.05, 3.63) is 65.2 Å². The molecule has 1 unspecified atom stereocenters. The van der Waals surface area contributed by atoms with Gasteiger partial charge in [-0.25, -0.2) is 0 Å². The lowest BCUT2D eigenvalue weighted by atomic mass is 9.86. The lowest BCUT2D eigenvalue weighted by molar-refractivity contribution is 0.170. The van der Waals surface area contributed by atoms with E-state index in [1.165, 1.54) is 5.56 Å². The van der Waals surface area contributed by atoms with Crippen LogP contribution < -0.4 is 0 Å². The number of nitrogens with zero attached hydrogens (tertiary/aromatic N) is 1. The normalized spacial score (nSPS) is 13.5. The maximum absolute atomic E-state index is 10.5. The van der Waals surface area contributed by atoms with E-state index in [-0.39, 0.29) is 12.5 Å². The van der Waals surface area contributed by atoms with Crippen LogP contribution in [0.1, 0.15) is 56.7 Å². The van der Waals surface area contributed by atoms with Gasteiger partial charge in [-0.15, -0.1) is 0 Å². The minimum Gasteiger partial charge on any atom is -0.508 e. The van der Waals surface area contributed by atoms with Gasteiger partial charge in [0.2, 0.25) is 1.43 Å².